The molecule has 0 saturated heterocycles. The zero-order valence-electron chi connectivity index (χ0n) is 10.8. The molecule has 1 unspecified atom stereocenters. The topological polar surface area (TPSA) is 20.2 Å². The SMILES string of the molecule is OC(CSc1ccc(Cl)cc1)c1ccc(C(F)(F)F)cc1. The van der Waals surface area contributed by atoms with Crippen molar-refractivity contribution in [3.8, 4) is 0 Å². The molecule has 0 aliphatic rings. The first kappa shape index (κ1) is 16.2. The Labute approximate surface area is 129 Å². The first-order valence-corrected chi connectivity index (χ1v) is 7.46. The van der Waals surface area contributed by atoms with E-state index in [4.69, 9.17) is 11.6 Å². The summed E-state index contributed by atoms with van der Waals surface area (Å²) in [5, 5.41) is 10.6. The molecule has 2 aromatic rings. The van der Waals surface area contributed by atoms with Crippen molar-refractivity contribution < 1.29 is 18.3 Å². The molecule has 0 aliphatic heterocycles. The minimum Gasteiger partial charge on any atom is -0.388 e. The number of hydrogen-bond acceptors (Lipinski definition) is 2. The average molecular weight is 333 g/mol. The molecule has 0 spiro atoms. The van der Waals surface area contributed by atoms with Crippen LogP contribution in [0.15, 0.2) is 53.4 Å². The highest BCUT2D eigenvalue weighted by atomic mass is 35.5. The Morgan fingerprint density at radius 2 is 1.57 bits per heavy atom. The summed E-state index contributed by atoms with van der Waals surface area (Å²) < 4.78 is 37.3. The third-order valence-electron chi connectivity index (χ3n) is 2.84. The van der Waals surface area contributed by atoms with Crippen LogP contribution in [0.1, 0.15) is 17.2 Å². The number of halogens is 4. The maximum absolute atomic E-state index is 12.4. The highest BCUT2D eigenvalue weighted by molar-refractivity contribution is 7.99. The smallest absolute Gasteiger partial charge is 0.388 e. The van der Waals surface area contributed by atoms with Crippen molar-refractivity contribution in [3.63, 3.8) is 0 Å². The Balaban J connectivity index is 1.97. The van der Waals surface area contributed by atoms with E-state index < -0.39 is 17.8 Å². The highest BCUT2D eigenvalue weighted by Gasteiger charge is 2.30. The Bertz CT molecular complexity index is 581. The van der Waals surface area contributed by atoms with Gasteiger partial charge in [0.2, 0.25) is 0 Å². The summed E-state index contributed by atoms with van der Waals surface area (Å²) in [6.45, 7) is 0. The highest BCUT2D eigenvalue weighted by Crippen LogP contribution is 2.31. The van der Waals surface area contributed by atoms with E-state index in [1.165, 1.54) is 23.9 Å². The molecule has 1 N–H and O–H groups in total. The molecular weight excluding hydrogens is 321 g/mol. The van der Waals surface area contributed by atoms with Crippen molar-refractivity contribution in [2.45, 2.75) is 17.2 Å². The van der Waals surface area contributed by atoms with Gasteiger partial charge in [0, 0.05) is 15.7 Å². The molecule has 6 heteroatoms. The number of thioether (sulfide) groups is 1. The minimum atomic E-state index is -4.36. The quantitative estimate of drug-likeness (QED) is 0.778. The molecule has 0 amide bonds. The third kappa shape index (κ3) is 4.66. The third-order valence-corrected chi connectivity index (χ3v) is 4.18. The number of aliphatic hydroxyl groups is 1. The number of alkyl halides is 3. The first-order valence-electron chi connectivity index (χ1n) is 6.10. The fourth-order valence-electron chi connectivity index (χ4n) is 1.70. The van der Waals surface area contributed by atoms with Crippen molar-refractivity contribution in [1.82, 2.24) is 0 Å². The lowest BCUT2D eigenvalue weighted by molar-refractivity contribution is -0.137. The Morgan fingerprint density at radius 1 is 1.00 bits per heavy atom. The van der Waals surface area contributed by atoms with Crippen LogP contribution >= 0.6 is 23.4 Å². The summed E-state index contributed by atoms with van der Waals surface area (Å²) in [6.07, 6.45) is -5.19. The number of aliphatic hydroxyl groups excluding tert-OH is 1. The second-order valence-corrected chi connectivity index (χ2v) is 5.93. The van der Waals surface area contributed by atoms with Gasteiger partial charge in [0.15, 0.2) is 0 Å². The van der Waals surface area contributed by atoms with Gasteiger partial charge in [-0.3, -0.25) is 0 Å². The van der Waals surface area contributed by atoms with E-state index in [1.54, 1.807) is 12.1 Å². The molecule has 0 saturated carbocycles. The van der Waals surface area contributed by atoms with Gasteiger partial charge in [-0.15, -0.1) is 11.8 Å². The van der Waals surface area contributed by atoms with Crippen LogP contribution < -0.4 is 0 Å². The van der Waals surface area contributed by atoms with Crippen molar-refractivity contribution in [1.29, 1.82) is 0 Å². The largest absolute Gasteiger partial charge is 0.416 e. The van der Waals surface area contributed by atoms with E-state index >= 15 is 0 Å². The van der Waals surface area contributed by atoms with Crippen molar-refractivity contribution in [3.05, 3.63) is 64.7 Å². The molecule has 0 aliphatic carbocycles. The van der Waals surface area contributed by atoms with Crippen LogP contribution in [0.5, 0.6) is 0 Å². The van der Waals surface area contributed by atoms with Crippen molar-refractivity contribution in [2.75, 3.05) is 5.75 Å². The van der Waals surface area contributed by atoms with Gasteiger partial charge < -0.3 is 5.11 Å². The zero-order valence-corrected chi connectivity index (χ0v) is 12.3. The van der Waals surface area contributed by atoms with Crippen LogP contribution in [-0.4, -0.2) is 10.9 Å². The second-order valence-electron chi connectivity index (χ2n) is 4.40. The Morgan fingerprint density at radius 3 is 2.10 bits per heavy atom. The van der Waals surface area contributed by atoms with E-state index in [1.807, 2.05) is 12.1 Å². The summed E-state index contributed by atoms with van der Waals surface area (Å²) >= 11 is 7.18. The molecule has 0 radical (unpaired) electrons. The summed E-state index contributed by atoms with van der Waals surface area (Å²) in [7, 11) is 0. The van der Waals surface area contributed by atoms with Crippen LogP contribution in [0.2, 0.25) is 5.02 Å². The van der Waals surface area contributed by atoms with Crippen LogP contribution in [0.3, 0.4) is 0 Å². The lowest BCUT2D eigenvalue weighted by Gasteiger charge is -2.12. The molecule has 2 aromatic carbocycles. The summed E-state index contributed by atoms with van der Waals surface area (Å²) in [4.78, 5) is 0.936. The van der Waals surface area contributed by atoms with Gasteiger partial charge in [-0.05, 0) is 42.0 Å². The standard InChI is InChI=1S/C15H12ClF3OS/c16-12-5-7-13(8-6-12)21-9-14(20)10-1-3-11(4-2-10)15(17,18)19/h1-8,14,20H,9H2. The molecule has 112 valence electrons. The van der Waals surface area contributed by atoms with Gasteiger partial charge in [-0.2, -0.15) is 13.2 Å². The maximum Gasteiger partial charge on any atom is 0.416 e. The fourth-order valence-corrected chi connectivity index (χ4v) is 2.69. The second kappa shape index (κ2) is 6.73. The van der Waals surface area contributed by atoms with Crippen LogP contribution in [0.4, 0.5) is 13.2 Å². The van der Waals surface area contributed by atoms with Gasteiger partial charge in [-0.25, -0.2) is 0 Å². The number of rotatable bonds is 4. The molecule has 2 rings (SSSR count). The van der Waals surface area contributed by atoms with Crippen LogP contribution in [0.25, 0.3) is 0 Å². The van der Waals surface area contributed by atoms with Crippen molar-refractivity contribution >= 4 is 23.4 Å². The Hall–Kier alpha value is -1.17. The van der Waals surface area contributed by atoms with E-state index in [2.05, 4.69) is 0 Å². The van der Waals surface area contributed by atoms with E-state index in [0.29, 0.717) is 16.3 Å². The monoisotopic (exact) mass is 332 g/mol. The first-order chi connectivity index (χ1) is 9.86. The predicted molar refractivity (Wildman–Crippen MR) is 78.6 cm³/mol. The molecular formula is C15H12ClF3OS. The van der Waals surface area contributed by atoms with Crippen LogP contribution in [0, 0.1) is 0 Å². The van der Waals surface area contributed by atoms with Crippen molar-refractivity contribution in [2.24, 2.45) is 0 Å². The lowest BCUT2D eigenvalue weighted by atomic mass is 10.1. The lowest BCUT2D eigenvalue weighted by Crippen LogP contribution is -2.06. The van der Waals surface area contributed by atoms with Gasteiger partial charge in [0.1, 0.15) is 0 Å². The normalized spacial score (nSPS) is 13.2. The fraction of sp³-hybridized carbons (Fsp3) is 0.200. The van der Waals surface area contributed by atoms with Crippen LogP contribution in [-0.2, 0) is 6.18 Å². The molecule has 0 bridgehead atoms. The molecule has 1 atom stereocenters. The maximum atomic E-state index is 12.4. The van der Waals surface area contributed by atoms with Gasteiger partial charge in [0.05, 0.1) is 11.7 Å². The van der Waals surface area contributed by atoms with E-state index in [-0.39, 0.29) is 0 Å². The van der Waals surface area contributed by atoms with Gasteiger partial charge >= 0.3 is 6.18 Å². The average Bonchev–Trinajstić information content (AvgIpc) is 2.45. The minimum absolute atomic E-state index is 0.354. The molecule has 0 aromatic heterocycles. The molecule has 1 nitrogen and oxygen atoms in total. The zero-order chi connectivity index (χ0) is 15.5. The summed E-state index contributed by atoms with van der Waals surface area (Å²) in [5.74, 6) is 0.354. The molecule has 21 heavy (non-hydrogen) atoms. The number of hydrogen-bond donors (Lipinski definition) is 1. The predicted octanol–water partition coefficient (Wildman–Crippen LogP) is 5.18. The number of benzene rings is 2. The Kier molecular flexibility index (Phi) is 5.19. The van der Waals surface area contributed by atoms with Gasteiger partial charge in [-0.1, -0.05) is 23.7 Å². The van der Waals surface area contributed by atoms with E-state index in [9.17, 15) is 18.3 Å². The van der Waals surface area contributed by atoms with E-state index in [0.717, 1.165) is 17.0 Å². The summed E-state index contributed by atoms with van der Waals surface area (Å²) in [5.41, 5.74) is -0.256. The molecule has 0 heterocycles. The summed E-state index contributed by atoms with van der Waals surface area (Å²) in [6, 6.07) is 11.7. The molecule has 0 fully saturated rings. The van der Waals surface area contributed by atoms with Gasteiger partial charge in [0.25, 0.3) is 0 Å².